The second kappa shape index (κ2) is 5.03. The Labute approximate surface area is 70.3 Å². The van der Waals surface area contributed by atoms with Crippen LogP contribution in [0.1, 0.15) is 40.5 Å². The van der Waals surface area contributed by atoms with Gasteiger partial charge in [0.2, 0.25) is 0 Å². The maximum atomic E-state index is 5.21. The van der Waals surface area contributed by atoms with Gasteiger partial charge in [-0.2, -0.15) is 0 Å². The van der Waals surface area contributed by atoms with Crippen molar-refractivity contribution in [1.29, 1.82) is 0 Å². The lowest BCUT2D eigenvalue weighted by molar-refractivity contribution is 0.293. The molecule has 0 aromatic carbocycles. The lowest BCUT2D eigenvalue weighted by Gasteiger charge is -2.26. The maximum absolute atomic E-state index is 5.21. The molecule has 0 spiro atoms. The third-order valence-electron chi connectivity index (χ3n) is 2.05. The van der Waals surface area contributed by atoms with Crippen molar-refractivity contribution in [1.82, 2.24) is 4.31 Å². The number of nitrogens with zero attached hydrogens (tertiary/aromatic N) is 1. The van der Waals surface area contributed by atoms with E-state index in [-0.39, 0.29) is 0 Å². The van der Waals surface area contributed by atoms with Crippen LogP contribution in [-0.4, -0.2) is 16.4 Å². The molecule has 0 fully saturated rings. The molecule has 61 valence electrons. The molecule has 0 heterocycles. The average Bonchev–Trinajstić information content (AvgIpc) is 2.00. The van der Waals surface area contributed by atoms with Crippen molar-refractivity contribution in [2.75, 3.05) is 0 Å². The van der Waals surface area contributed by atoms with E-state index in [1.165, 1.54) is 0 Å². The van der Waals surface area contributed by atoms with Gasteiger partial charge >= 0.3 is 0 Å². The first-order chi connectivity index (χ1) is 4.63. The van der Waals surface area contributed by atoms with Gasteiger partial charge in [-0.25, -0.2) is 4.31 Å². The van der Waals surface area contributed by atoms with Gasteiger partial charge in [0.1, 0.15) is 0 Å². The zero-order valence-electron chi connectivity index (χ0n) is 7.42. The van der Waals surface area contributed by atoms with E-state index in [4.69, 9.17) is 12.8 Å². The topological polar surface area (TPSA) is 3.24 Å². The molecule has 0 rings (SSSR count). The van der Waals surface area contributed by atoms with E-state index in [9.17, 15) is 0 Å². The molecule has 0 N–H and O–H groups in total. The molecule has 0 saturated carbocycles. The summed E-state index contributed by atoms with van der Waals surface area (Å²) in [5, 5.41) is 0. The summed E-state index contributed by atoms with van der Waals surface area (Å²) in [6.07, 6.45) is 2.29. The van der Waals surface area contributed by atoms with Gasteiger partial charge < -0.3 is 0 Å². The van der Waals surface area contributed by atoms with Crippen molar-refractivity contribution in [3.8, 4) is 0 Å². The van der Waals surface area contributed by atoms with Gasteiger partial charge in [0.25, 0.3) is 0 Å². The highest BCUT2D eigenvalue weighted by atomic mass is 32.1. The van der Waals surface area contributed by atoms with E-state index < -0.39 is 0 Å². The van der Waals surface area contributed by atoms with Crippen molar-refractivity contribution in [2.24, 2.45) is 0 Å². The molecule has 0 amide bonds. The van der Waals surface area contributed by atoms with E-state index in [0.29, 0.717) is 12.1 Å². The molecule has 0 aromatic rings. The summed E-state index contributed by atoms with van der Waals surface area (Å²) in [5.74, 6) is 0. The van der Waals surface area contributed by atoms with Crippen molar-refractivity contribution in [3.63, 3.8) is 0 Å². The SMILES string of the molecule is CCC(C)N([S])C(C)CC. The largest absolute Gasteiger partial charge is 0.235 e. The average molecular weight is 160 g/mol. The highest BCUT2D eigenvalue weighted by molar-refractivity contribution is 7.77. The summed E-state index contributed by atoms with van der Waals surface area (Å²) < 4.78 is 2.03. The van der Waals surface area contributed by atoms with Crippen LogP contribution in [0.2, 0.25) is 0 Å². The third kappa shape index (κ3) is 2.93. The fraction of sp³-hybridized carbons (Fsp3) is 1.00. The smallest absolute Gasteiger partial charge is 0.0183 e. The quantitative estimate of drug-likeness (QED) is 0.611. The molecule has 0 aliphatic carbocycles. The fourth-order valence-electron chi connectivity index (χ4n) is 0.794. The summed E-state index contributed by atoms with van der Waals surface area (Å²) >= 11 is 5.21. The van der Waals surface area contributed by atoms with Crippen LogP contribution < -0.4 is 0 Å². The molecule has 10 heavy (non-hydrogen) atoms. The van der Waals surface area contributed by atoms with Crippen LogP contribution in [0, 0.1) is 0 Å². The number of rotatable bonds is 4. The molecule has 1 radical (unpaired) electrons. The highest BCUT2D eigenvalue weighted by Crippen LogP contribution is 2.12. The van der Waals surface area contributed by atoms with E-state index in [0.717, 1.165) is 12.8 Å². The molecular formula is C8H18NS. The molecule has 2 heteroatoms. The Balaban J connectivity index is 3.69. The zero-order valence-corrected chi connectivity index (χ0v) is 8.24. The summed E-state index contributed by atoms with van der Waals surface area (Å²) in [6, 6.07) is 1.09. The molecule has 2 unspecified atom stereocenters. The van der Waals surface area contributed by atoms with E-state index in [1.54, 1.807) is 0 Å². The Morgan fingerprint density at radius 3 is 1.60 bits per heavy atom. The van der Waals surface area contributed by atoms with Crippen LogP contribution >= 0.6 is 12.8 Å². The van der Waals surface area contributed by atoms with Crippen molar-refractivity contribution in [2.45, 2.75) is 52.6 Å². The van der Waals surface area contributed by atoms with Gasteiger partial charge in [0, 0.05) is 24.9 Å². The Kier molecular flexibility index (Phi) is 5.18. The molecule has 0 bridgehead atoms. The Morgan fingerprint density at radius 1 is 1.10 bits per heavy atom. The molecule has 0 saturated heterocycles. The predicted molar refractivity (Wildman–Crippen MR) is 48.9 cm³/mol. The summed E-state index contributed by atoms with van der Waals surface area (Å²) in [4.78, 5) is 0. The van der Waals surface area contributed by atoms with Gasteiger partial charge in [-0.05, 0) is 26.7 Å². The second-order valence-electron chi connectivity index (χ2n) is 2.87. The third-order valence-corrected chi connectivity index (χ3v) is 2.77. The molecule has 2 atom stereocenters. The van der Waals surface area contributed by atoms with Crippen LogP contribution in [0.4, 0.5) is 0 Å². The highest BCUT2D eigenvalue weighted by Gasteiger charge is 2.13. The van der Waals surface area contributed by atoms with E-state index in [2.05, 4.69) is 27.7 Å². The minimum Gasteiger partial charge on any atom is -0.235 e. The minimum absolute atomic E-state index is 0.546. The van der Waals surface area contributed by atoms with E-state index >= 15 is 0 Å². The molecule has 0 aliphatic rings. The van der Waals surface area contributed by atoms with Crippen LogP contribution in [0.25, 0.3) is 0 Å². The number of hydrogen-bond donors (Lipinski definition) is 0. The van der Waals surface area contributed by atoms with E-state index in [1.807, 2.05) is 4.31 Å². The van der Waals surface area contributed by atoms with Gasteiger partial charge in [-0.15, -0.1) is 0 Å². The molecule has 1 nitrogen and oxygen atoms in total. The minimum atomic E-state index is 0.546. The lowest BCUT2D eigenvalue weighted by atomic mass is 10.2. The predicted octanol–water partition coefficient (Wildman–Crippen LogP) is 3.00. The van der Waals surface area contributed by atoms with Gasteiger partial charge in [-0.3, -0.25) is 0 Å². The van der Waals surface area contributed by atoms with Crippen LogP contribution in [0.15, 0.2) is 0 Å². The first-order valence-electron chi connectivity index (χ1n) is 4.08. The summed E-state index contributed by atoms with van der Waals surface area (Å²) in [6.45, 7) is 8.71. The Bertz CT molecular complexity index is 75.3. The van der Waals surface area contributed by atoms with Crippen LogP contribution in [0.5, 0.6) is 0 Å². The van der Waals surface area contributed by atoms with Gasteiger partial charge in [0.15, 0.2) is 0 Å². The van der Waals surface area contributed by atoms with Crippen LogP contribution in [0.3, 0.4) is 0 Å². The lowest BCUT2D eigenvalue weighted by Crippen LogP contribution is -2.31. The summed E-state index contributed by atoms with van der Waals surface area (Å²) in [5.41, 5.74) is 0. The van der Waals surface area contributed by atoms with Crippen molar-refractivity contribution >= 4 is 12.8 Å². The Morgan fingerprint density at radius 2 is 1.40 bits per heavy atom. The molecule has 0 aromatic heterocycles. The fourth-order valence-corrected chi connectivity index (χ4v) is 1.09. The first kappa shape index (κ1) is 10.3. The first-order valence-corrected chi connectivity index (χ1v) is 4.45. The van der Waals surface area contributed by atoms with Crippen molar-refractivity contribution < 1.29 is 0 Å². The maximum Gasteiger partial charge on any atom is 0.0183 e. The van der Waals surface area contributed by atoms with Gasteiger partial charge in [-0.1, -0.05) is 13.8 Å². The molecule has 0 aliphatic heterocycles. The van der Waals surface area contributed by atoms with Gasteiger partial charge in [0.05, 0.1) is 0 Å². The number of hydrogen-bond acceptors (Lipinski definition) is 1. The zero-order chi connectivity index (χ0) is 8.15. The normalized spacial score (nSPS) is 17.4. The Hall–Kier alpha value is 0.310. The monoisotopic (exact) mass is 160 g/mol. The molecular weight excluding hydrogens is 142 g/mol. The standard InChI is InChI=1S/C8H18NS/c1-5-7(3)9(10)8(4)6-2/h7-8H,5-6H2,1-4H3. The summed E-state index contributed by atoms with van der Waals surface area (Å²) in [7, 11) is 0. The second-order valence-corrected chi connectivity index (χ2v) is 3.30. The van der Waals surface area contributed by atoms with Crippen molar-refractivity contribution in [3.05, 3.63) is 0 Å². The van der Waals surface area contributed by atoms with Crippen LogP contribution in [-0.2, 0) is 0 Å².